The molecule has 0 N–H and O–H groups in total. The zero-order valence-corrected chi connectivity index (χ0v) is 9.36. The number of hydrogen-bond acceptors (Lipinski definition) is 4. The summed E-state index contributed by atoms with van der Waals surface area (Å²) in [6, 6.07) is 5.03. The molecule has 0 heterocycles. The van der Waals surface area contributed by atoms with Crippen LogP contribution >= 0.6 is 0 Å². The maximum absolute atomic E-state index is 11.5. The average Bonchev–Trinajstić information content (AvgIpc) is 2.34. The number of para-hydroxylation sites is 1. The molecule has 0 aliphatic rings. The Kier molecular flexibility index (Phi) is 4.39. The third kappa shape index (κ3) is 2.53. The summed E-state index contributed by atoms with van der Waals surface area (Å²) in [4.78, 5) is 11.5. The van der Waals surface area contributed by atoms with Crippen molar-refractivity contribution in [1.29, 1.82) is 0 Å². The van der Waals surface area contributed by atoms with Crippen LogP contribution in [0.4, 0.5) is 0 Å². The van der Waals surface area contributed by atoms with Crippen molar-refractivity contribution in [2.75, 3.05) is 20.8 Å². The number of ether oxygens (including phenoxy) is 3. The first-order chi connectivity index (χ1) is 7.74. The minimum atomic E-state index is -0.460. The first kappa shape index (κ1) is 12.1. The van der Waals surface area contributed by atoms with E-state index in [2.05, 4.69) is 11.3 Å². The van der Waals surface area contributed by atoms with Crippen molar-refractivity contribution in [2.45, 2.75) is 0 Å². The van der Waals surface area contributed by atoms with Gasteiger partial charge in [-0.1, -0.05) is 18.7 Å². The fourth-order valence-corrected chi connectivity index (χ4v) is 1.24. The smallest absolute Gasteiger partial charge is 0.341 e. The molecule has 4 nitrogen and oxygen atoms in total. The third-order valence-electron chi connectivity index (χ3n) is 1.95. The number of esters is 1. The van der Waals surface area contributed by atoms with E-state index in [1.807, 2.05) is 0 Å². The molecule has 1 rings (SSSR count). The fourth-order valence-electron chi connectivity index (χ4n) is 1.24. The summed E-state index contributed by atoms with van der Waals surface area (Å²) >= 11 is 0. The van der Waals surface area contributed by atoms with E-state index < -0.39 is 5.97 Å². The lowest BCUT2D eigenvalue weighted by Gasteiger charge is -2.12. The molecular weight excluding hydrogens is 208 g/mol. The molecule has 0 unspecified atom stereocenters. The second-order valence-corrected chi connectivity index (χ2v) is 2.93. The minimum Gasteiger partial charge on any atom is -0.493 e. The summed E-state index contributed by atoms with van der Waals surface area (Å²) in [5, 5.41) is 0. The molecule has 0 saturated heterocycles. The molecule has 0 spiro atoms. The molecule has 4 heteroatoms. The van der Waals surface area contributed by atoms with Gasteiger partial charge < -0.3 is 14.2 Å². The lowest BCUT2D eigenvalue weighted by molar-refractivity contribution is 0.0596. The molecule has 0 radical (unpaired) electrons. The van der Waals surface area contributed by atoms with Gasteiger partial charge in [-0.3, -0.25) is 0 Å². The van der Waals surface area contributed by atoms with Crippen molar-refractivity contribution in [3.05, 3.63) is 36.4 Å². The Balaban J connectivity index is 3.14. The van der Waals surface area contributed by atoms with Crippen LogP contribution in [0.3, 0.4) is 0 Å². The van der Waals surface area contributed by atoms with E-state index in [1.165, 1.54) is 14.2 Å². The second-order valence-electron chi connectivity index (χ2n) is 2.93. The van der Waals surface area contributed by atoms with Crippen molar-refractivity contribution in [1.82, 2.24) is 0 Å². The third-order valence-corrected chi connectivity index (χ3v) is 1.95. The van der Waals surface area contributed by atoms with Crippen LogP contribution in [-0.4, -0.2) is 26.8 Å². The van der Waals surface area contributed by atoms with Crippen molar-refractivity contribution in [3.8, 4) is 11.5 Å². The van der Waals surface area contributed by atoms with Gasteiger partial charge in [0.15, 0.2) is 11.5 Å². The van der Waals surface area contributed by atoms with Gasteiger partial charge in [-0.05, 0) is 12.1 Å². The van der Waals surface area contributed by atoms with E-state index in [0.717, 1.165) is 0 Å². The van der Waals surface area contributed by atoms with Gasteiger partial charge in [0, 0.05) is 0 Å². The molecule has 86 valence electrons. The van der Waals surface area contributed by atoms with Gasteiger partial charge in [0.2, 0.25) is 0 Å². The Morgan fingerprint density at radius 3 is 2.75 bits per heavy atom. The molecule has 16 heavy (non-hydrogen) atoms. The summed E-state index contributed by atoms with van der Waals surface area (Å²) < 4.78 is 15.2. The number of methoxy groups -OCH3 is 2. The molecule has 0 saturated carbocycles. The molecule has 0 aliphatic carbocycles. The van der Waals surface area contributed by atoms with Crippen molar-refractivity contribution in [2.24, 2.45) is 0 Å². The molecule has 0 aromatic heterocycles. The molecule has 0 fully saturated rings. The van der Waals surface area contributed by atoms with Gasteiger partial charge in [-0.15, -0.1) is 0 Å². The normalized spacial score (nSPS) is 9.38. The maximum atomic E-state index is 11.5. The van der Waals surface area contributed by atoms with Crippen LogP contribution in [0.2, 0.25) is 0 Å². The Morgan fingerprint density at radius 1 is 1.44 bits per heavy atom. The highest BCUT2D eigenvalue weighted by Gasteiger charge is 2.16. The van der Waals surface area contributed by atoms with E-state index in [4.69, 9.17) is 9.47 Å². The Morgan fingerprint density at radius 2 is 2.19 bits per heavy atom. The number of rotatable bonds is 5. The highest BCUT2D eigenvalue weighted by Crippen LogP contribution is 2.31. The molecule has 1 aromatic rings. The average molecular weight is 222 g/mol. The van der Waals surface area contributed by atoms with Gasteiger partial charge in [0.1, 0.15) is 12.2 Å². The highest BCUT2D eigenvalue weighted by molar-refractivity contribution is 5.93. The van der Waals surface area contributed by atoms with Crippen LogP contribution in [0.5, 0.6) is 11.5 Å². The highest BCUT2D eigenvalue weighted by atomic mass is 16.5. The van der Waals surface area contributed by atoms with Crippen molar-refractivity contribution < 1.29 is 19.0 Å². The predicted molar refractivity (Wildman–Crippen MR) is 60.0 cm³/mol. The summed E-state index contributed by atoms with van der Waals surface area (Å²) in [6.07, 6.45) is 1.59. The standard InChI is InChI=1S/C12H14O4/c1-4-8-16-11-9(12(13)15-3)6-5-7-10(11)14-2/h4-7H,1,8H2,2-3H3. The second kappa shape index (κ2) is 5.80. The Bertz CT molecular complexity index is 385. The maximum Gasteiger partial charge on any atom is 0.341 e. The van der Waals surface area contributed by atoms with Crippen molar-refractivity contribution >= 4 is 5.97 Å². The van der Waals surface area contributed by atoms with Crippen LogP contribution in [0.25, 0.3) is 0 Å². The summed E-state index contributed by atoms with van der Waals surface area (Å²) in [7, 11) is 2.83. The monoisotopic (exact) mass is 222 g/mol. The molecule has 1 aromatic carbocycles. The van der Waals surface area contributed by atoms with E-state index in [9.17, 15) is 4.79 Å². The van der Waals surface area contributed by atoms with Crippen LogP contribution in [0, 0.1) is 0 Å². The summed E-state index contributed by atoms with van der Waals surface area (Å²) in [6.45, 7) is 3.84. The van der Waals surface area contributed by atoms with E-state index in [0.29, 0.717) is 23.7 Å². The summed E-state index contributed by atoms with van der Waals surface area (Å²) in [5.41, 5.74) is 0.337. The van der Waals surface area contributed by atoms with E-state index >= 15 is 0 Å². The van der Waals surface area contributed by atoms with Gasteiger partial charge >= 0.3 is 5.97 Å². The van der Waals surface area contributed by atoms with Crippen LogP contribution in [-0.2, 0) is 4.74 Å². The van der Waals surface area contributed by atoms with E-state index in [1.54, 1.807) is 24.3 Å². The van der Waals surface area contributed by atoms with Gasteiger partial charge in [-0.25, -0.2) is 4.79 Å². The summed E-state index contributed by atoms with van der Waals surface area (Å²) in [5.74, 6) is 0.402. The minimum absolute atomic E-state index is 0.296. The van der Waals surface area contributed by atoms with E-state index in [-0.39, 0.29) is 0 Å². The largest absolute Gasteiger partial charge is 0.493 e. The van der Waals surface area contributed by atoms with Gasteiger partial charge in [-0.2, -0.15) is 0 Å². The Labute approximate surface area is 94.4 Å². The van der Waals surface area contributed by atoms with Crippen LogP contribution in [0.1, 0.15) is 10.4 Å². The van der Waals surface area contributed by atoms with Gasteiger partial charge in [0.25, 0.3) is 0 Å². The molecule has 0 aliphatic heterocycles. The van der Waals surface area contributed by atoms with Crippen molar-refractivity contribution in [3.63, 3.8) is 0 Å². The molecule has 0 bridgehead atoms. The number of carbonyl (C=O) groups excluding carboxylic acids is 1. The zero-order valence-electron chi connectivity index (χ0n) is 9.36. The van der Waals surface area contributed by atoms with Crippen LogP contribution in [0.15, 0.2) is 30.9 Å². The molecular formula is C12H14O4. The predicted octanol–water partition coefficient (Wildman–Crippen LogP) is 2.05. The number of hydrogen-bond donors (Lipinski definition) is 0. The molecule has 0 atom stereocenters. The lowest BCUT2D eigenvalue weighted by atomic mass is 10.2. The zero-order chi connectivity index (χ0) is 12.0. The quantitative estimate of drug-likeness (QED) is 0.565. The SMILES string of the molecule is C=CCOc1c(OC)cccc1C(=O)OC. The fraction of sp³-hybridized carbons (Fsp3) is 0.250. The van der Waals surface area contributed by atoms with Crippen LogP contribution < -0.4 is 9.47 Å². The Hall–Kier alpha value is -1.97. The van der Waals surface area contributed by atoms with Gasteiger partial charge in [0.05, 0.1) is 14.2 Å². The molecule has 0 amide bonds. The number of carbonyl (C=O) groups is 1. The number of benzene rings is 1. The lowest BCUT2D eigenvalue weighted by Crippen LogP contribution is -2.07. The first-order valence-corrected chi connectivity index (χ1v) is 4.73. The first-order valence-electron chi connectivity index (χ1n) is 4.73. The topological polar surface area (TPSA) is 44.8 Å².